The highest BCUT2D eigenvalue weighted by molar-refractivity contribution is 4.88. The molecule has 0 bridgehead atoms. The molecule has 1 unspecified atom stereocenters. The molecule has 0 saturated carbocycles. The molecule has 0 aliphatic heterocycles. The zero-order chi connectivity index (χ0) is 10.3. The van der Waals surface area contributed by atoms with Crippen molar-refractivity contribution >= 4 is 0 Å². The van der Waals surface area contributed by atoms with E-state index in [9.17, 15) is 0 Å². The quantitative estimate of drug-likeness (QED) is 0.685. The van der Waals surface area contributed by atoms with Crippen molar-refractivity contribution in [1.29, 1.82) is 5.26 Å². The first-order valence-electron chi connectivity index (χ1n) is 5.26. The Kier molecular flexibility index (Phi) is 5.73. The minimum absolute atomic E-state index is 0.206. The van der Waals surface area contributed by atoms with Gasteiger partial charge in [0.05, 0.1) is 12.5 Å². The predicted molar refractivity (Wildman–Crippen MR) is 56.4 cm³/mol. The van der Waals surface area contributed by atoms with Gasteiger partial charge >= 0.3 is 0 Å². The normalized spacial score (nSPS) is 13.8. The Morgan fingerprint density at radius 1 is 1.31 bits per heavy atom. The molecule has 0 radical (unpaired) electrons. The average molecular weight is 182 g/mol. The van der Waals surface area contributed by atoms with Crippen molar-refractivity contribution in [2.75, 3.05) is 0 Å². The second kappa shape index (κ2) is 5.99. The van der Waals surface area contributed by atoms with Gasteiger partial charge in [-0.15, -0.1) is 0 Å². The fraction of sp³-hybridized carbons (Fsp3) is 0.909. The zero-order valence-corrected chi connectivity index (χ0v) is 9.35. The standard InChI is InChI=1S/C11H22N2/c1-5-10(8-9-12)13-11(4,6-2)7-3/h10,13H,5-8H2,1-4H3. The fourth-order valence-corrected chi connectivity index (χ4v) is 1.35. The fourth-order valence-electron chi connectivity index (χ4n) is 1.35. The van der Waals surface area contributed by atoms with Crippen LogP contribution < -0.4 is 5.32 Å². The maximum atomic E-state index is 8.62. The van der Waals surface area contributed by atoms with Crippen molar-refractivity contribution in [1.82, 2.24) is 5.32 Å². The summed E-state index contributed by atoms with van der Waals surface area (Å²) in [5, 5.41) is 12.2. The minimum atomic E-state index is 0.206. The summed E-state index contributed by atoms with van der Waals surface area (Å²) in [6, 6.07) is 2.58. The van der Waals surface area contributed by atoms with Crippen LogP contribution in [0.15, 0.2) is 0 Å². The van der Waals surface area contributed by atoms with Crippen molar-refractivity contribution in [3.63, 3.8) is 0 Å². The molecule has 0 rings (SSSR count). The van der Waals surface area contributed by atoms with Crippen molar-refractivity contribution < 1.29 is 0 Å². The van der Waals surface area contributed by atoms with Crippen LogP contribution in [0.1, 0.15) is 53.4 Å². The number of rotatable bonds is 6. The smallest absolute Gasteiger partial charge is 0.0638 e. The van der Waals surface area contributed by atoms with Crippen LogP contribution in [0.4, 0.5) is 0 Å². The Morgan fingerprint density at radius 2 is 1.85 bits per heavy atom. The molecule has 1 N–H and O–H groups in total. The Balaban J connectivity index is 4.12. The first-order chi connectivity index (χ1) is 6.11. The van der Waals surface area contributed by atoms with E-state index in [1.165, 1.54) is 0 Å². The van der Waals surface area contributed by atoms with E-state index >= 15 is 0 Å². The maximum absolute atomic E-state index is 8.62. The number of hydrogen-bond acceptors (Lipinski definition) is 2. The summed E-state index contributed by atoms with van der Waals surface area (Å²) in [6.07, 6.45) is 3.88. The summed E-state index contributed by atoms with van der Waals surface area (Å²) < 4.78 is 0. The Bertz CT molecular complexity index is 165. The van der Waals surface area contributed by atoms with Gasteiger partial charge in [-0.2, -0.15) is 5.26 Å². The van der Waals surface area contributed by atoms with Gasteiger partial charge in [0.1, 0.15) is 0 Å². The van der Waals surface area contributed by atoms with Crippen LogP contribution in [0.5, 0.6) is 0 Å². The molecule has 0 amide bonds. The van der Waals surface area contributed by atoms with Gasteiger partial charge in [-0.1, -0.05) is 20.8 Å². The van der Waals surface area contributed by atoms with E-state index in [-0.39, 0.29) is 5.54 Å². The Morgan fingerprint density at radius 3 is 2.15 bits per heavy atom. The van der Waals surface area contributed by atoms with E-state index in [0.29, 0.717) is 12.5 Å². The van der Waals surface area contributed by atoms with Crippen LogP contribution in [0.3, 0.4) is 0 Å². The highest BCUT2D eigenvalue weighted by atomic mass is 15.0. The molecule has 0 spiro atoms. The molecule has 0 heterocycles. The monoisotopic (exact) mass is 182 g/mol. The van der Waals surface area contributed by atoms with Crippen molar-refractivity contribution in [2.24, 2.45) is 0 Å². The summed E-state index contributed by atoms with van der Waals surface area (Å²) in [4.78, 5) is 0. The van der Waals surface area contributed by atoms with Gasteiger partial charge in [0.25, 0.3) is 0 Å². The zero-order valence-electron chi connectivity index (χ0n) is 9.35. The lowest BCUT2D eigenvalue weighted by Gasteiger charge is -2.32. The lowest BCUT2D eigenvalue weighted by Crippen LogP contribution is -2.47. The minimum Gasteiger partial charge on any atom is -0.308 e. The van der Waals surface area contributed by atoms with E-state index in [1.54, 1.807) is 0 Å². The van der Waals surface area contributed by atoms with Gasteiger partial charge in [0.15, 0.2) is 0 Å². The van der Waals surface area contributed by atoms with E-state index in [2.05, 4.69) is 39.1 Å². The first-order valence-corrected chi connectivity index (χ1v) is 5.26. The van der Waals surface area contributed by atoms with Gasteiger partial charge in [0.2, 0.25) is 0 Å². The van der Waals surface area contributed by atoms with E-state index in [1.807, 2.05) is 0 Å². The summed E-state index contributed by atoms with van der Waals surface area (Å²) in [5.41, 5.74) is 0.206. The molecule has 2 nitrogen and oxygen atoms in total. The number of hydrogen-bond donors (Lipinski definition) is 1. The Labute approximate surface area is 82.3 Å². The lowest BCUT2D eigenvalue weighted by molar-refractivity contribution is 0.285. The highest BCUT2D eigenvalue weighted by Crippen LogP contribution is 2.16. The molecule has 76 valence electrons. The highest BCUT2D eigenvalue weighted by Gasteiger charge is 2.22. The second-order valence-electron chi connectivity index (χ2n) is 3.88. The summed E-state index contributed by atoms with van der Waals surface area (Å²) in [7, 11) is 0. The third-order valence-corrected chi connectivity index (χ3v) is 2.94. The van der Waals surface area contributed by atoms with Crippen LogP contribution in [0.25, 0.3) is 0 Å². The summed E-state index contributed by atoms with van der Waals surface area (Å²) in [5.74, 6) is 0. The Hall–Kier alpha value is -0.550. The van der Waals surface area contributed by atoms with Gasteiger partial charge in [0, 0.05) is 11.6 Å². The predicted octanol–water partition coefficient (Wildman–Crippen LogP) is 2.85. The molecule has 0 saturated heterocycles. The molecular formula is C11H22N2. The SMILES string of the molecule is CCC(CC#N)NC(C)(CC)CC. The van der Waals surface area contributed by atoms with E-state index < -0.39 is 0 Å². The average Bonchev–Trinajstić information content (AvgIpc) is 2.17. The second-order valence-corrected chi connectivity index (χ2v) is 3.88. The largest absolute Gasteiger partial charge is 0.308 e. The van der Waals surface area contributed by atoms with Gasteiger partial charge in [-0.3, -0.25) is 0 Å². The molecule has 0 aliphatic rings. The molecule has 2 heteroatoms. The molecule has 13 heavy (non-hydrogen) atoms. The molecule has 0 aromatic carbocycles. The molecule has 0 fully saturated rings. The number of nitrogens with zero attached hydrogens (tertiary/aromatic N) is 1. The van der Waals surface area contributed by atoms with Crippen molar-refractivity contribution in [3.05, 3.63) is 0 Å². The molecular weight excluding hydrogens is 160 g/mol. The number of nitriles is 1. The maximum Gasteiger partial charge on any atom is 0.0638 e. The molecule has 0 aromatic rings. The van der Waals surface area contributed by atoms with Crippen molar-refractivity contribution in [3.8, 4) is 6.07 Å². The van der Waals surface area contributed by atoms with Gasteiger partial charge < -0.3 is 5.32 Å². The summed E-state index contributed by atoms with van der Waals surface area (Å²) >= 11 is 0. The topological polar surface area (TPSA) is 35.8 Å². The first kappa shape index (κ1) is 12.4. The van der Waals surface area contributed by atoms with Crippen LogP contribution >= 0.6 is 0 Å². The van der Waals surface area contributed by atoms with E-state index in [4.69, 9.17) is 5.26 Å². The third-order valence-electron chi connectivity index (χ3n) is 2.94. The van der Waals surface area contributed by atoms with Crippen LogP contribution in [0.2, 0.25) is 0 Å². The van der Waals surface area contributed by atoms with Crippen LogP contribution in [0, 0.1) is 11.3 Å². The van der Waals surface area contributed by atoms with Gasteiger partial charge in [-0.25, -0.2) is 0 Å². The summed E-state index contributed by atoms with van der Waals surface area (Å²) in [6.45, 7) is 8.74. The number of nitrogens with one attached hydrogen (secondary N) is 1. The molecule has 0 aliphatic carbocycles. The third kappa shape index (κ3) is 4.28. The molecule has 0 aromatic heterocycles. The molecule has 1 atom stereocenters. The van der Waals surface area contributed by atoms with Crippen LogP contribution in [-0.4, -0.2) is 11.6 Å². The van der Waals surface area contributed by atoms with Gasteiger partial charge in [-0.05, 0) is 26.2 Å². The van der Waals surface area contributed by atoms with Crippen molar-refractivity contribution in [2.45, 2.75) is 65.0 Å². The van der Waals surface area contributed by atoms with Crippen LogP contribution in [-0.2, 0) is 0 Å². The lowest BCUT2D eigenvalue weighted by atomic mass is 9.93. The van der Waals surface area contributed by atoms with E-state index in [0.717, 1.165) is 19.3 Å².